The van der Waals surface area contributed by atoms with Gasteiger partial charge in [0.2, 0.25) is 0 Å². The lowest BCUT2D eigenvalue weighted by molar-refractivity contribution is 0.104. The third-order valence-electron chi connectivity index (χ3n) is 2.22. The topological polar surface area (TPSA) is 58.6 Å². The molecule has 1 unspecified atom stereocenters. The van der Waals surface area contributed by atoms with Gasteiger partial charge in [0.25, 0.3) is 0 Å². The number of aldehydes is 1. The van der Waals surface area contributed by atoms with E-state index in [1.54, 1.807) is 24.3 Å². The lowest BCUT2D eigenvalue weighted by Gasteiger charge is -2.14. The molecular weight excluding hydrogens is 218 g/mol. The van der Waals surface area contributed by atoms with Gasteiger partial charge in [0.15, 0.2) is 0 Å². The minimum atomic E-state index is -0.539. The van der Waals surface area contributed by atoms with E-state index in [-0.39, 0.29) is 6.61 Å². The Kier molecular flexibility index (Phi) is 5.66. The highest BCUT2D eigenvalue weighted by atomic mass is 16.5. The van der Waals surface area contributed by atoms with E-state index in [1.807, 2.05) is 13.8 Å². The highest BCUT2D eigenvalue weighted by Crippen LogP contribution is 2.11. The highest BCUT2D eigenvalue weighted by molar-refractivity contribution is 5.74. The molecule has 1 aromatic rings. The Bertz CT molecular complexity index is 335. The van der Waals surface area contributed by atoms with Crippen molar-refractivity contribution in [1.82, 2.24) is 5.32 Å². The molecule has 0 fully saturated rings. The zero-order valence-corrected chi connectivity index (χ0v) is 10.2. The third kappa shape index (κ3) is 5.47. The first-order valence-electron chi connectivity index (χ1n) is 5.71. The molecule has 1 aromatic carbocycles. The average molecular weight is 237 g/mol. The van der Waals surface area contributed by atoms with Gasteiger partial charge in [-0.3, -0.25) is 4.79 Å². The van der Waals surface area contributed by atoms with Gasteiger partial charge in [-0.1, -0.05) is 13.8 Å². The van der Waals surface area contributed by atoms with Crippen LogP contribution in [0.4, 0.5) is 0 Å². The summed E-state index contributed by atoms with van der Waals surface area (Å²) in [7, 11) is 0. The molecule has 0 saturated carbocycles. The van der Waals surface area contributed by atoms with Crippen LogP contribution in [0.15, 0.2) is 24.3 Å². The average Bonchev–Trinajstić information content (AvgIpc) is 2.34. The van der Waals surface area contributed by atoms with E-state index < -0.39 is 6.10 Å². The number of rotatable bonds is 7. The van der Waals surface area contributed by atoms with E-state index >= 15 is 0 Å². The first-order valence-corrected chi connectivity index (χ1v) is 5.71. The standard InChI is InChI=1S/C13H19NO3/c1-10(2)14-7-12(16)9-17-13-5-3-11(8-15)4-6-13/h3-6,8,10,12,14,16H,7,9H2,1-2H3. The molecule has 0 aliphatic heterocycles. The second kappa shape index (κ2) is 7.04. The van der Waals surface area contributed by atoms with Crippen molar-refractivity contribution in [3.8, 4) is 5.75 Å². The number of benzene rings is 1. The largest absolute Gasteiger partial charge is 0.491 e. The van der Waals surface area contributed by atoms with Crippen molar-refractivity contribution in [2.75, 3.05) is 13.2 Å². The molecule has 4 nitrogen and oxygen atoms in total. The Labute approximate surface area is 102 Å². The summed E-state index contributed by atoms with van der Waals surface area (Å²) >= 11 is 0. The Hall–Kier alpha value is -1.39. The first kappa shape index (κ1) is 13.7. The lowest BCUT2D eigenvalue weighted by Crippen LogP contribution is -2.35. The maximum Gasteiger partial charge on any atom is 0.150 e. The molecule has 0 aliphatic rings. The predicted molar refractivity (Wildman–Crippen MR) is 66.5 cm³/mol. The monoisotopic (exact) mass is 237 g/mol. The summed E-state index contributed by atoms with van der Waals surface area (Å²) in [4.78, 5) is 10.4. The lowest BCUT2D eigenvalue weighted by atomic mass is 10.2. The van der Waals surface area contributed by atoms with Crippen molar-refractivity contribution in [3.63, 3.8) is 0 Å². The Morgan fingerprint density at radius 3 is 2.53 bits per heavy atom. The number of hydrogen-bond acceptors (Lipinski definition) is 4. The number of ether oxygens (including phenoxy) is 1. The second-order valence-electron chi connectivity index (χ2n) is 4.21. The quantitative estimate of drug-likeness (QED) is 0.700. The van der Waals surface area contributed by atoms with Crippen LogP contribution in [0.2, 0.25) is 0 Å². The molecule has 2 N–H and O–H groups in total. The van der Waals surface area contributed by atoms with Gasteiger partial charge in [-0.25, -0.2) is 0 Å². The van der Waals surface area contributed by atoms with Crippen LogP contribution in [0.5, 0.6) is 5.75 Å². The summed E-state index contributed by atoms with van der Waals surface area (Å²) in [6, 6.07) is 7.14. The van der Waals surface area contributed by atoms with Crippen LogP contribution in [0, 0.1) is 0 Å². The molecule has 1 atom stereocenters. The van der Waals surface area contributed by atoms with Crippen molar-refractivity contribution in [1.29, 1.82) is 0 Å². The smallest absolute Gasteiger partial charge is 0.150 e. The Morgan fingerprint density at radius 2 is 2.00 bits per heavy atom. The van der Waals surface area contributed by atoms with Crippen LogP contribution in [-0.4, -0.2) is 36.7 Å². The van der Waals surface area contributed by atoms with Crippen molar-refractivity contribution >= 4 is 6.29 Å². The maximum atomic E-state index is 10.4. The van der Waals surface area contributed by atoms with Gasteiger partial charge in [0, 0.05) is 18.2 Å². The Balaban J connectivity index is 2.31. The number of aliphatic hydroxyl groups excluding tert-OH is 1. The summed E-state index contributed by atoms with van der Waals surface area (Å²) in [6.45, 7) is 4.78. The maximum absolute atomic E-state index is 10.4. The van der Waals surface area contributed by atoms with E-state index in [4.69, 9.17) is 4.74 Å². The van der Waals surface area contributed by atoms with Crippen LogP contribution >= 0.6 is 0 Å². The SMILES string of the molecule is CC(C)NCC(O)COc1ccc(C=O)cc1. The van der Waals surface area contributed by atoms with E-state index in [9.17, 15) is 9.90 Å². The van der Waals surface area contributed by atoms with Crippen LogP contribution in [0.25, 0.3) is 0 Å². The third-order valence-corrected chi connectivity index (χ3v) is 2.22. The molecule has 0 saturated heterocycles. The van der Waals surface area contributed by atoms with Gasteiger partial charge in [-0.15, -0.1) is 0 Å². The second-order valence-corrected chi connectivity index (χ2v) is 4.21. The van der Waals surface area contributed by atoms with Crippen molar-refractivity contribution in [3.05, 3.63) is 29.8 Å². The van der Waals surface area contributed by atoms with Crippen LogP contribution in [0.1, 0.15) is 24.2 Å². The van der Waals surface area contributed by atoms with E-state index in [2.05, 4.69) is 5.32 Å². The minimum absolute atomic E-state index is 0.236. The molecule has 1 rings (SSSR count). The highest BCUT2D eigenvalue weighted by Gasteiger charge is 2.05. The fourth-order valence-electron chi connectivity index (χ4n) is 1.27. The molecule has 0 aromatic heterocycles. The van der Waals surface area contributed by atoms with Gasteiger partial charge in [0.05, 0.1) is 0 Å². The molecule has 4 heteroatoms. The van der Waals surface area contributed by atoms with Gasteiger partial charge >= 0.3 is 0 Å². The predicted octanol–water partition coefficient (Wildman–Crippen LogP) is 1.24. The van der Waals surface area contributed by atoms with Crippen LogP contribution in [0.3, 0.4) is 0 Å². The fourth-order valence-corrected chi connectivity index (χ4v) is 1.27. The molecular formula is C13H19NO3. The van der Waals surface area contributed by atoms with E-state index in [0.29, 0.717) is 23.9 Å². The molecule has 0 radical (unpaired) electrons. The minimum Gasteiger partial charge on any atom is -0.491 e. The zero-order valence-electron chi connectivity index (χ0n) is 10.2. The molecule has 0 bridgehead atoms. The summed E-state index contributed by atoms with van der Waals surface area (Å²) in [5.74, 6) is 0.652. The summed E-state index contributed by atoms with van der Waals surface area (Å²) in [5.41, 5.74) is 0.611. The molecule has 0 heterocycles. The normalized spacial score (nSPS) is 12.5. The van der Waals surface area contributed by atoms with Gasteiger partial charge in [0.1, 0.15) is 24.7 Å². The van der Waals surface area contributed by atoms with Crippen molar-refractivity contribution in [2.24, 2.45) is 0 Å². The summed E-state index contributed by atoms with van der Waals surface area (Å²) in [6.07, 6.45) is 0.244. The van der Waals surface area contributed by atoms with Crippen molar-refractivity contribution < 1.29 is 14.6 Å². The number of carbonyl (C=O) groups is 1. The number of aliphatic hydroxyl groups is 1. The molecule has 17 heavy (non-hydrogen) atoms. The fraction of sp³-hybridized carbons (Fsp3) is 0.462. The van der Waals surface area contributed by atoms with E-state index in [1.165, 1.54) is 0 Å². The summed E-state index contributed by atoms with van der Waals surface area (Å²) in [5, 5.41) is 12.7. The number of hydrogen-bond donors (Lipinski definition) is 2. The molecule has 0 amide bonds. The zero-order chi connectivity index (χ0) is 12.7. The summed E-state index contributed by atoms with van der Waals surface area (Å²) < 4.78 is 5.39. The van der Waals surface area contributed by atoms with E-state index in [0.717, 1.165) is 6.29 Å². The van der Waals surface area contributed by atoms with Gasteiger partial charge in [-0.05, 0) is 24.3 Å². The van der Waals surface area contributed by atoms with Gasteiger partial charge < -0.3 is 15.2 Å². The first-order chi connectivity index (χ1) is 8.11. The number of carbonyl (C=O) groups excluding carboxylic acids is 1. The molecule has 0 spiro atoms. The van der Waals surface area contributed by atoms with Crippen LogP contribution in [-0.2, 0) is 0 Å². The molecule has 0 aliphatic carbocycles. The van der Waals surface area contributed by atoms with Crippen LogP contribution < -0.4 is 10.1 Å². The number of nitrogens with one attached hydrogen (secondary N) is 1. The molecule has 94 valence electrons. The Morgan fingerprint density at radius 1 is 1.35 bits per heavy atom. The van der Waals surface area contributed by atoms with Crippen molar-refractivity contribution in [2.45, 2.75) is 26.0 Å². The van der Waals surface area contributed by atoms with Gasteiger partial charge in [-0.2, -0.15) is 0 Å².